The first kappa shape index (κ1) is 21.1. The number of anilines is 1. The lowest BCUT2D eigenvalue weighted by Crippen LogP contribution is -2.53. The van der Waals surface area contributed by atoms with Gasteiger partial charge in [-0.25, -0.2) is 14.0 Å². The van der Waals surface area contributed by atoms with Crippen molar-refractivity contribution < 1.29 is 28.6 Å². The normalized spacial score (nSPS) is 22.1. The minimum atomic E-state index is -1.04. The summed E-state index contributed by atoms with van der Waals surface area (Å²) in [4.78, 5) is 27.9. The van der Waals surface area contributed by atoms with Crippen molar-refractivity contribution >= 4 is 17.7 Å². The van der Waals surface area contributed by atoms with Gasteiger partial charge < -0.3 is 14.6 Å². The van der Waals surface area contributed by atoms with E-state index >= 15 is 0 Å². The lowest BCUT2D eigenvalue weighted by atomic mass is 9.86. The van der Waals surface area contributed by atoms with E-state index in [1.165, 1.54) is 36.3 Å². The zero-order valence-electron chi connectivity index (χ0n) is 17.3. The molecule has 7 nitrogen and oxygen atoms in total. The van der Waals surface area contributed by atoms with Gasteiger partial charge in [-0.1, -0.05) is 18.2 Å². The van der Waals surface area contributed by atoms with E-state index in [1.807, 2.05) is 0 Å². The van der Waals surface area contributed by atoms with Crippen LogP contribution in [0.5, 0.6) is 5.75 Å². The van der Waals surface area contributed by atoms with Gasteiger partial charge in [0.1, 0.15) is 17.5 Å². The van der Waals surface area contributed by atoms with Crippen LogP contribution in [0.15, 0.2) is 42.5 Å². The van der Waals surface area contributed by atoms with Crippen molar-refractivity contribution in [1.82, 2.24) is 4.90 Å². The van der Waals surface area contributed by atoms with Crippen LogP contribution in [0.2, 0.25) is 0 Å². The van der Waals surface area contributed by atoms with Crippen LogP contribution in [-0.4, -0.2) is 54.9 Å². The molecule has 2 aromatic carbocycles. The second kappa shape index (κ2) is 8.93. The van der Waals surface area contributed by atoms with Crippen molar-refractivity contribution in [3.8, 4) is 5.75 Å². The summed E-state index contributed by atoms with van der Waals surface area (Å²) < 4.78 is 26.0. The van der Waals surface area contributed by atoms with E-state index in [0.717, 1.165) is 25.9 Å². The molecule has 2 aromatic rings. The molecule has 31 heavy (non-hydrogen) atoms. The van der Waals surface area contributed by atoms with Crippen molar-refractivity contribution in [3.05, 3.63) is 59.4 Å². The molecule has 3 aliphatic rings. The van der Waals surface area contributed by atoms with Gasteiger partial charge in [-0.3, -0.25) is 9.80 Å². The average Bonchev–Trinajstić information content (AvgIpc) is 2.78. The summed E-state index contributed by atoms with van der Waals surface area (Å²) in [5, 5.41) is 9.11. The molecule has 3 heterocycles. The number of nitrogens with zero attached hydrogens (tertiary/aromatic N) is 2. The van der Waals surface area contributed by atoms with Crippen molar-refractivity contribution in [3.63, 3.8) is 0 Å². The molecule has 8 heteroatoms. The highest BCUT2D eigenvalue weighted by Gasteiger charge is 2.38. The predicted molar refractivity (Wildman–Crippen MR) is 112 cm³/mol. The number of hydrogen-bond donors (Lipinski definition) is 1. The Morgan fingerprint density at radius 3 is 2.45 bits per heavy atom. The average molecular weight is 428 g/mol. The van der Waals surface area contributed by atoms with Gasteiger partial charge in [0.05, 0.1) is 19.2 Å². The highest BCUT2D eigenvalue weighted by Crippen LogP contribution is 2.35. The standard InChI is InChI=1S/C23H25FN2O5/c1-30-19-4-2-3-18(24)21(19)26(13-15-5-7-17(8-6-15)22(27)28)23(29)31-20-14-25-11-9-16(20)10-12-25/h2-8,16,20H,9-14H2,1H3,(H,27,28)/t20-/m0/s1. The van der Waals surface area contributed by atoms with Crippen molar-refractivity contribution in [2.75, 3.05) is 31.6 Å². The van der Waals surface area contributed by atoms with E-state index in [0.29, 0.717) is 18.0 Å². The molecule has 0 unspecified atom stereocenters. The molecule has 3 saturated heterocycles. The Hall–Kier alpha value is -3.13. The van der Waals surface area contributed by atoms with E-state index in [4.69, 9.17) is 14.6 Å². The number of methoxy groups -OCH3 is 1. The number of fused-ring (bicyclic) bond motifs is 3. The molecule has 2 bridgehead atoms. The first-order valence-corrected chi connectivity index (χ1v) is 10.3. The number of ether oxygens (including phenoxy) is 2. The molecule has 0 spiro atoms. The summed E-state index contributed by atoms with van der Waals surface area (Å²) >= 11 is 0. The maximum atomic E-state index is 14.8. The lowest BCUT2D eigenvalue weighted by Gasteiger charge is -2.44. The number of carbonyl (C=O) groups is 2. The predicted octanol–water partition coefficient (Wildman–Crippen LogP) is 3.77. The quantitative estimate of drug-likeness (QED) is 0.755. The minimum Gasteiger partial charge on any atom is -0.494 e. The molecule has 0 aromatic heterocycles. The number of benzene rings is 2. The van der Waals surface area contributed by atoms with Gasteiger partial charge in [-0.15, -0.1) is 0 Å². The van der Waals surface area contributed by atoms with Crippen molar-refractivity contribution in [2.45, 2.75) is 25.5 Å². The Balaban J connectivity index is 1.62. The van der Waals surface area contributed by atoms with E-state index < -0.39 is 17.9 Å². The summed E-state index contributed by atoms with van der Waals surface area (Å²) in [6, 6.07) is 10.5. The van der Waals surface area contributed by atoms with E-state index in [9.17, 15) is 14.0 Å². The number of amides is 1. The zero-order chi connectivity index (χ0) is 22.0. The van der Waals surface area contributed by atoms with Gasteiger partial charge in [-0.2, -0.15) is 0 Å². The molecular formula is C23H25FN2O5. The van der Waals surface area contributed by atoms with Crippen LogP contribution in [0.4, 0.5) is 14.9 Å². The van der Waals surface area contributed by atoms with Crippen LogP contribution in [0.1, 0.15) is 28.8 Å². The second-order valence-electron chi connectivity index (χ2n) is 7.94. The van der Waals surface area contributed by atoms with E-state index in [1.54, 1.807) is 18.2 Å². The Morgan fingerprint density at radius 1 is 1.16 bits per heavy atom. The third-order valence-corrected chi connectivity index (χ3v) is 6.05. The van der Waals surface area contributed by atoms with Crippen LogP contribution >= 0.6 is 0 Å². The number of carboxylic acid groups (broad SMARTS) is 1. The Bertz CT molecular complexity index is 957. The van der Waals surface area contributed by atoms with Crippen LogP contribution in [0.25, 0.3) is 0 Å². The smallest absolute Gasteiger partial charge is 0.415 e. The third-order valence-electron chi connectivity index (χ3n) is 6.05. The number of carbonyl (C=O) groups excluding carboxylic acids is 1. The van der Waals surface area contributed by atoms with Crippen LogP contribution in [0, 0.1) is 11.7 Å². The summed E-state index contributed by atoms with van der Waals surface area (Å²) in [6.07, 6.45) is 1.09. The molecule has 1 amide bonds. The fourth-order valence-corrected chi connectivity index (χ4v) is 4.33. The molecule has 5 rings (SSSR count). The number of carboxylic acids is 1. The van der Waals surface area contributed by atoms with Crippen molar-refractivity contribution in [1.29, 1.82) is 0 Å². The number of para-hydroxylation sites is 1. The Morgan fingerprint density at radius 2 is 1.87 bits per heavy atom. The Labute approximate surface area is 180 Å². The number of rotatable bonds is 6. The number of piperidine rings is 3. The summed E-state index contributed by atoms with van der Waals surface area (Å²) in [7, 11) is 1.41. The van der Waals surface area contributed by atoms with Gasteiger partial charge in [0, 0.05) is 6.54 Å². The first-order chi connectivity index (χ1) is 15.0. The van der Waals surface area contributed by atoms with E-state index in [-0.39, 0.29) is 29.6 Å². The summed E-state index contributed by atoms with van der Waals surface area (Å²) in [6.45, 7) is 2.72. The van der Waals surface area contributed by atoms with Crippen LogP contribution in [-0.2, 0) is 11.3 Å². The maximum Gasteiger partial charge on any atom is 0.415 e. The van der Waals surface area contributed by atoms with Gasteiger partial charge >= 0.3 is 12.1 Å². The van der Waals surface area contributed by atoms with Crippen LogP contribution in [0.3, 0.4) is 0 Å². The molecular weight excluding hydrogens is 403 g/mol. The maximum absolute atomic E-state index is 14.8. The molecule has 0 radical (unpaired) electrons. The molecule has 1 N–H and O–H groups in total. The summed E-state index contributed by atoms with van der Waals surface area (Å²) in [5.41, 5.74) is 0.772. The van der Waals surface area contributed by atoms with Gasteiger partial charge in [0.2, 0.25) is 0 Å². The number of halogens is 1. The van der Waals surface area contributed by atoms with Crippen molar-refractivity contribution in [2.24, 2.45) is 5.92 Å². The monoisotopic (exact) mass is 428 g/mol. The summed E-state index contributed by atoms with van der Waals surface area (Å²) in [5.74, 6) is -1.12. The van der Waals surface area contributed by atoms with Gasteiger partial charge in [0.25, 0.3) is 0 Å². The van der Waals surface area contributed by atoms with Gasteiger partial charge in [-0.05, 0) is 61.7 Å². The van der Waals surface area contributed by atoms with E-state index in [2.05, 4.69) is 4.90 Å². The number of aromatic carboxylic acids is 1. The molecule has 0 saturated carbocycles. The fourth-order valence-electron chi connectivity index (χ4n) is 4.33. The largest absolute Gasteiger partial charge is 0.494 e. The zero-order valence-corrected chi connectivity index (χ0v) is 17.3. The molecule has 1 atom stereocenters. The van der Waals surface area contributed by atoms with Crippen LogP contribution < -0.4 is 9.64 Å². The molecule has 3 aliphatic heterocycles. The van der Waals surface area contributed by atoms with Gasteiger partial charge in [0.15, 0.2) is 5.82 Å². The third kappa shape index (κ3) is 4.49. The minimum absolute atomic E-state index is 0.00131. The highest BCUT2D eigenvalue weighted by molar-refractivity contribution is 5.90. The topological polar surface area (TPSA) is 79.3 Å². The first-order valence-electron chi connectivity index (χ1n) is 10.3. The highest BCUT2D eigenvalue weighted by atomic mass is 19.1. The second-order valence-corrected chi connectivity index (χ2v) is 7.94. The number of hydrogen-bond acceptors (Lipinski definition) is 5. The molecule has 0 aliphatic carbocycles. The molecule has 164 valence electrons. The fraction of sp³-hybridized carbons (Fsp3) is 0.391. The lowest BCUT2D eigenvalue weighted by molar-refractivity contribution is -0.0312. The SMILES string of the molecule is COc1cccc(F)c1N(Cc1ccc(C(=O)O)cc1)C(=O)O[C@H]1CN2CCC1CC2. The Kier molecular flexibility index (Phi) is 6.08. The molecule has 3 fully saturated rings.